The molecular weight excluding hydrogens is 336 g/mol. The predicted octanol–water partition coefficient (Wildman–Crippen LogP) is 3.66. The zero-order valence-corrected chi connectivity index (χ0v) is 15.9. The van der Waals surface area contributed by atoms with Crippen LogP contribution in [-0.2, 0) is 4.79 Å². The van der Waals surface area contributed by atoms with Gasteiger partial charge in [-0.25, -0.2) is 0 Å². The van der Waals surface area contributed by atoms with Crippen LogP contribution in [0.5, 0.6) is 0 Å². The van der Waals surface area contributed by atoms with E-state index < -0.39 is 6.04 Å². The SMILES string of the molecule is CC(C)CC1SCC(C(=O)NC2CCCCC2)N1C(=O)c1ccco1. The predicted molar refractivity (Wildman–Crippen MR) is 99.4 cm³/mol. The van der Waals surface area contributed by atoms with Gasteiger partial charge in [-0.3, -0.25) is 9.59 Å². The van der Waals surface area contributed by atoms with Crippen LogP contribution in [0.25, 0.3) is 0 Å². The van der Waals surface area contributed by atoms with Crippen molar-refractivity contribution in [2.24, 2.45) is 5.92 Å². The van der Waals surface area contributed by atoms with Crippen LogP contribution >= 0.6 is 11.8 Å². The van der Waals surface area contributed by atoms with Crippen molar-refractivity contribution in [2.45, 2.75) is 69.8 Å². The molecule has 138 valence electrons. The smallest absolute Gasteiger partial charge is 0.291 e. The lowest BCUT2D eigenvalue weighted by atomic mass is 9.95. The molecule has 3 rings (SSSR count). The van der Waals surface area contributed by atoms with E-state index in [2.05, 4.69) is 19.2 Å². The lowest BCUT2D eigenvalue weighted by Crippen LogP contribution is -2.52. The van der Waals surface area contributed by atoms with Gasteiger partial charge >= 0.3 is 0 Å². The number of furan rings is 1. The number of hydrogen-bond donors (Lipinski definition) is 1. The number of amides is 2. The van der Waals surface area contributed by atoms with Gasteiger partial charge < -0.3 is 14.6 Å². The molecule has 0 radical (unpaired) electrons. The molecule has 1 N–H and O–H groups in total. The van der Waals surface area contributed by atoms with Crippen molar-refractivity contribution in [3.63, 3.8) is 0 Å². The molecule has 6 heteroatoms. The molecule has 1 saturated carbocycles. The lowest BCUT2D eigenvalue weighted by Gasteiger charge is -2.31. The van der Waals surface area contributed by atoms with E-state index in [9.17, 15) is 9.59 Å². The van der Waals surface area contributed by atoms with E-state index in [-0.39, 0.29) is 23.2 Å². The summed E-state index contributed by atoms with van der Waals surface area (Å²) in [7, 11) is 0. The quantitative estimate of drug-likeness (QED) is 0.866. The Hall–Kier alpha value is -1.43. The summed E-state index contributed by atoms with van der Waals surface area (Å²) in [5.74, 6) is 1.24. The fourth-order valence-corrected chi connectivity index (χ4v) is 5.34. The van der Waals surface area contributed by atoms with Crippen LogP contribution in [0.15, 0.2) is 22.8 Å². The highest BCUT2D eigenvalue weighted by atomic mass is 32.2. The van der Waals surface area contributed by atoms with Gasteiger partial charge in [0.2, 0.25) is 5.91 Å². The van der Waals surface area contributed by atoms with Gasteiger partial charge in [-0.15, -0.1) is 11.8 Å². The summed E-state index contributed by atoms with van der Waals surface area (Å²) in [5, 5.41) is 3.22. The van der Waals surface area contributed by atoms with E-state index in [4.69, 9.17) is 4.42 Å². The van der Waals surface area contributed by atoms with Crippen LogP contribution in [0.2, 0.25) is 0 Å². The maximum Gasteiger partial charge on any atom is 0.291 e. The molecule has 0 spiro atoms. The third-order valence-corrected chi connectivity index (χ3v) is 6.30. The Morgan fingerprint density at radius 2 is 2.08 bits per heavy atom. The normalized spacial score (nSPS) is 24.7. The minimum atomic E-state index is -0.409. The van der Waals surface area contributed by atoms with E-state index in [1.807, 2.05) is 0 Å². The molecule has 0 bridgehead atoms. The van der Waals surface area contributed by atoms with Gasteiger partial charge in [-0.05, 0) is 37.3 Å². The van der Waals surface area contributed by atoms with E-state index in [0.717, 1.165) is 19.3 Å². The van der Waals surface area contributed by atoms with Crippen LogP contribution in [0, 0.1) is 5.92 Å². The maximum absolute atomic E-state index is 12.9. The maximum atomic E-state index is 12.9. The number of rotatable bonds is 5. The highest BCUT2D eigenvalue weighted by Gasteiger charge is 2.43. The molecule has 25 heavy (non-hydrogen) atoms. The fourth-order valence-electron chi connectivity index (χ4n) is 3.69. The van der Waals surface area contributed by atoms with Crippen LogP contribution < -0.4 is 5.32 Å². The Bertz CT molecular complexity index is 581. The molecule has 2 aliphatic rings. The minimum Gasteiger partial charge on any atom is -0.459 e. The third-order valence-electron chi connectivity index (χ3n) is 4.99. The number of thioether (sulfide) groups is 1. The Kier molecular flexibility index (Phi) is 6.10. The van der Waals surface area contributed by atoms with E-state index in [0.29, 0.717) is 17.4 Å². The average Bonchev–Trinajstić information content (AvgIpc) is 3.24. The first kappa shape index (κ1) is 18.4. The molecule has 1 saturated heterocycles. The first-order chi connectivity index (χ1) is 12.1. The molecular formula is C19H28N2O3S. The highest BCUT2D eigenvalue weighted by molar-refractivity contribution is 8.00. The summed E-state index contributed by atoms with van der Waals surface area (Å²) in [4.78, 5) is 27.6. The second kappa shape index (κ2) is 8.30. The van der Waals surface area contributed by atoms with Crippen molar-refractivity contribution in [3.05, 3.63) is 24.2 Å². The summed E-state index contributed by atoms with van der Waals surface area (Å²) in [6.07, 6.45) is 8.09. The molecule has 0 aromatic carbocycles. The average molecular weight is 365 g/mol. The van der Waals surface area contributed by atoms with Crippen LogP contribution in [-0.4, -0.2) is 39.9 Å². The second-order valence-electron chi connectivity index (χ2n) is 7.47. The lowest BCUT2D eigenvalue weighted by molar-refractivity contribution is -0.125. The standard InChI is InChI=1S/C19H28N2O3S/c1-13(2)11-17-21(19(23)16-9-6-10-24-16)15(12-25-17)18(22)20-14-7-4-3-5-8-14/h6,9-10,13-15,17H,3-5,7-8,11-12H2,1-2H3,(H,20,22). The van der Waals surface area contributed by atoms with Crippen molar-refractivity contribution in [1.29, 1.82) is 0 Å². The van der Waals surface area contributed by atoms with Gasteiger partial charge in [0, 0.05) is 11.8 Å². The minimum absolute atomic E-state index is 0.00874. The number of carbonyl (C=O) groups excluding carboxylic acids is 2. The molecule has 2 unspecified atom stereocenters. The van der Waals surface area contributed by atoms with E-state index >= 15 is 0 Å². The van der Waals surface area contributed by atoms with E-state index in [1.54, 1.807) is 28.8 Å². The Morgan fingerprint density at radius 1 is 1.32 bits per heavy atom. The van der Waals surface area contributed by atoms with Gasteiger partial charge in [0.05, 0.1) is 11.6 Å². The molecule has 2 atom stereocenters. The Balaban J connectivity index is 1.73. The summed E-state index contributed by atoms with van der Waals surface area (Å²) in [6.45, 7) is 4.29. The van der Waals surface area contributed by atoms with E-state index in [1.165, 1.54) is 25.5 Å². The molecule has 2 fully saturated rings. The number of carbonyl (C=O) groups is 2. The molecule has 1 aliphatic carbocycles. The van der Waals surface area contributed by atoms with Crippen molar-refractivity contribution >= 4 is 23.6 Å². The Labute approximate surface area is 153 Å². The molecule has 5 nitrogen and oxygen atoms in total. The Morgan fingerprint density at radius 3 is 2.72 bits per heavy atom. The van der Waals surface area contributed by atoms with Crippen molar-refractivity contribution in [2.75, 3.05) is 5.75 Å². The second-order valence-corrected chi connectivity index (χ2v) is 8.68. The third kappa shape index (κ3) is 4.40. The highest BCUT2D eigenvalue weighted by Crippen LogP contribution is 2.35. The number of nitrogens with zero attached hydrogens (tertiary/aromatic N) is 1. The van der Waals surface area contributed by atoms with Gasteiger partial charge in [0.1, 0.15) is 6.04 Å². The van der Waals surface area contributed by atoms with Crippen LogP contribution in [0.1, 0.15) is 62.9 Å². The topological polar surface area (TPSA) is 62.6 Å². The fraction of sp³-hybridized carbons (Fsp3) is 0.684. The molecule has 1 aromatic rings. The summed E-state index contributed by atoms with van der Waals surface area (Å²) in [5.41, 5.74) is 0. The first-order valence-electron chi connectivity index (χ1n) is 9.34. The molecule has 1 aliphatic heterocycles. The van der Waals surface area contributed by atoms with Gasteiger partial charge in [-0.1, -0.05) is 33.1 Å². The van der Waals surface area contributed by atoms with Gasteiger partial charge in [-0.2, -0.15) is 0 Å². The van der Waals surface area contributed by atoms with Crippen molar-refractivity contribution in [3.8, 4) is 0 Å². The number of nitrogens with one attached hydrogen (secondary N) is 1. The van der Waals surface area contributed by atoms with Gasteiger partial charge in [0.15, 0.2) is 5.76 Å². The monoisotopic (exact) mass is 364 g/mol. The van der Waals surface area contributed by atoms with Crippen LogP contribution in [0.4, 0.5) is 0 Å². The summed E-state index contributed by atoms with van der Waals surface area (Å²) >= 11 is 1.71. The molecule has 2 heterocycles. The van der Waals surface area contributed by atoms with Crippen molar-refractivity contribution < 1.29 is 14.0 Å². The number of hydrogen-bond acceptors (Lipinski definition) is 4. The molecule has 1 aromatic heterocycles. The molecule has 2 amide bonds. The summed E-state index contributed by atoms with van der Waals surface area (Å²) in [6, 6.07) is 3.24. The zero-order chi connectivity index (χ0) is 17.8. The van der Waals surface area contributed by atoms with Crippen LogP contribution in [0.3, 0.4) is 0 Å². The first-order valence-corrected chi connectivity index (χ1v) is 10.4. The van der Waals surface area contributed by atoms with Gasteiger partial charge in [0.25, 0.3) is 5.91 Å². The summed E-state index contributed by atoms with van der Waals surface area (Å²) < 4.78 is 5.31. The van der Waals surface area contributed by atoms with Crippen molar-refractivity contribution in [1.82, 2.24) is 10.2 Å². The zero-order valence-electron chi connectivity index (χ0n) is 15.1. The largest absolute Gasteiger partial charge is 0.459 e.